The van der Waals surface area contributed by atoms with Crippen LogP contribution in [-0.4, -0.2) is 33.2 Å². The van der Waals surface area contributed by atoms with Crippen LogP contribution in [0, 0.1) is 5.92 Å². The maximum Gasteiger partial charge on any atom is 0.232 e. The molecule has 6 nitrogen and oxygen atoms in total. The fourth-order valence-corrected chi connectivity index (χ4v) is 2.88. The third-order valence-corrected chi connectivity index (χ3v) is 4.77. The lowest BCUT2D eigenvalue weighted by atomic mass is 10.0. The van der Waals surface area contributed by atoms with Crippen LogP contribution in [0.5, 0.6) is 0 Å². The van der Waals surface area contributed by atoms with Gasteiger partial charge in [0, 0.05) is 17.8 Å². The van der Waals surface area contributed by atoms with E-state index >= 15 is 0 Å². The predicted molar refractivity (Wildman–Crippen MR) is 91.0 cm³/mol. The van der Waals surface area contributed by atoms with Crippen LogP contribution in [-0.2, 0) is 14.8 Å². The van der Waals surface area contributed by atoms with Crippen molar-refractivity contribution in [2.75, 3.05) is 28.9 Å². The summed E-state index contributed by atoms with van der Waals surface area (Å²) in [4.78, 5) is 11.9. The topological polar surface area (TPSA) is 87.3 Å². The number of hydrogen-bond donors (Lipinski definition) is 3. The number of sulfonamides is 1. The molecule has 1 atom stereocenters. The molecule has 0 radical (unpaired) electrons. The van der Waals surface area contributed by atoms with E-state index in [2.05, 4.69) is 15.4 Å². The monoisotopic (exact) mass is 347 g/mol. The van der Waals surface area contributed by atoms with E-state index < -0.39 is 10.0 Å². The number of halogens is 1. The van der Waals surface area contributed by atoms with Crippen molar-refractivity contribution in [3.63, 3.8) is 0 Å². The van der Waals surface area contributed by atoms with Gasteiger partial charge in [0.1, 0.15) is 0 Å². The Labute approximate surface area is 137 Å². The summed E-state index contributed by atoms with van der Waals surface area (Å²) >= 11 is 0. The molecule has 22 heavy (non-hydrogen) atoms. The van der Waals surface area contributed by atoms with Crippen LogP contribution in [0.4, 0.5) is 11.4 Å². The molecule has 1 aromatic rings. The summed E-state index contributed by atoms with van der Waals surface area (Å²) in [5.41, 5.74) is 1.17. The molecule has 1 aliphatic heterocycles. The Balaban J connectivity index is 0.00000242. The second-order valence-electron chi connectivity index (χ2n) is 5.19. The van der Waals surface area contributed by atoms with Crippen LogP contribution in [0.25, 0.3) is 0 Å². The molecule has 124 valence electrons. The Morgan fingerprint density at radius 1 is 1.27 bits per heavy atom. The first-order valence-electron chi connectivity index (χ1n) is 7.09. The van der Waals surface area contributed by atoms with Gasteiger partial charge in [0.15, 0.2) is 0 Å². The van der Waals surface area contributed by atoms with Gasteiger partial charge in [-0.25, -0.2) is 8.42 Å². The number of carbonyl (C=O) groups excluding carboxylic acids is 1. The summed E-state index contributed by atoms with van der Waals surface area (Å²) in [7, 11) is -3.27. The molecule has 0 spiro atoms. The van der Waals surface area contributed by atoms with Crippen molar-refractivity contribution in [3.8, 4) is 0 Å². The van der Waals surface area contributed by atoms with E-state index in [1.807, 2.05) is 0 Å². The van der Waals surface area contributed by atoms with Crippen molar-refractivity contribution in [3.05, 3.63) is 24.3 Å². The highest BCUT2D eigenvalue weighted by Gasteiger charge is 2.18. The van der Waals surface area contributed by atoms with E-state index in [0.29, 0.717) is 23.7 Å². The highest BCUT2D eigenvalue weighted by Crippen LogP contribution is 2.17. The largest absolute Gasteiger partial charge is 0.326 e. The summed E-state index contributed by atoms with van der Waals surface area (Å²) in [6.45, 7) is 3.45. The Morgan fingerprint density at radius 3 is 2.45 bits per heavy atom. The molecular formula is C14H22ClN3O3S. The molecule has 1 aliphatic rings. The molecule has 0 aliphatic carbocycles. The highest BCUT2D eigenvalue weighted by atomic mass is 35.5. The van der Waals surface area contributed by atoms with Crippen LogP contribution in [0.15, 0.2) is 24.3 Å². The summed E-state index contributed by atoms with van der Waals surface area (Å²) in [5, 5.41) is 6.06. The predicted octanol–water partition coefficient (Wildman–Crippen LogP) is 1.81. The average molecular weight is 348 g/mol. The summed E-state index contributed by atoms with van der Waals surface area (Å²) in [6, 6.07) is 6.66. The van der Waals surface area contributed by atoms with E-state index in [4.69, 9.17) is 0 Å². The number of nitrogens with one attached hydrogen (secondary N) is 3. The Morgan fingerprint density at radius 2 is 1.91 bits per heavy atom. The number of amides is 1. The number of anilines is 2. The third-order valence-electron chi connectivity index (χ3n) is 3.46. The number of rotatable bonds is 6. The standard InChI is InChI=1S/C14H21N3O3S.ClH/c1-2-21(19,20)17-13-5-3-12(4-6-13)16-14(18)9-11-7-8-15-10-11;/h3-6,11,15,17H,2,7-10H2,1H3,(H,16,18);1H. The van der Waals surface area contributed by atoms with Crippen LogP contribution in [0.3, 0.4) is 0 Å². The van der Waals surface area contributed by atoms with Gasteiger partial charge in [-0.1, -0.05) is 0 Å². The van der Waals surface area contributed by atoms with Gasteiger partial charge >= 0.3 is 0 Å². The van der Waals surface area contributed by atoms with E-state index in [9.17, 15) is 13.2 Å². The van der Waals surface area contributed by atoms with Crippen LogP contribution in [0.1, 0.15) is 19.8 Å². The lowest BCUT2D eigenvalue weighted by Crippen LogP contribution is -2.18. The molecule has 3 N–H and O–H groups in total. The first kappa shape index (κ1) is 18.7. The second-order valence-corrected chi connectivity index (χ2v) is 7.20. The van der Waals surface area contributed by atoms with E-state index in [0.717, 1.165) is 19.5 Å². The van der Waals surface area contributed by atoms with Crippen molar-refractivity contribution >= 4 is 39.7 Å². The molecule has 0 aromatic heterocycles. The maximum absolute atomic E-state index is 11.9. The zero-order chi connectivity index (χ0) is 15.3. The lowest BCUT2D eigenvalue weighted by Gasteiger charge is -2.10. The van der Waals surface area contributed by atoms with Crippen molar-refractivity contribution in [2.24, 2.45) is 5.92 Å². The fourth-order valence-electron chi connectivity index (χ4n) is 2.24. The molecular weight excluding hydrogens is 326 g/mol. The fraction of sp³-hybridized carbons (Fsp3) is 0.500. The van der Waals surface area contributed by atoms with Crippen LogP contribution >= 0.6 is 12.4 Å². The molecule has 8 heteroatoms. The lowest BCUT2D eigenvalue weighted by molar-refractivity contribution is -0.116. The van der Waals surface area contributed by atoms with Gasteiger partial charge < -0.3 is 10.6 Å². The smallest absolute Gasteiger partial charge is 0.232 e. The molecule has 1 aromatic carbocycles. The van der Waals surface area contributed by atoms with Crippen LogP contribution < -0.4 is 15.4 Å². The van der Waals surface area contributed by atoms with Crippen molar-refractivity contribution < 1.29 is 13.2 Å². The van der Waals surface area contributed by atoms with Gasteiger partial charge in [0.05, 0.1) is 5.75 Å². The molecule has 1 amide bonds. The first-order valence-corrected chi connectivity index (χ1v) is 8.75. The Bertz CT molecular complexity index is 584. The molecule has 1 unspecified atom stereocenters. The second kappa shape index (κ2) is 8.36. The Kier molecular flexibility index (Phi) is 7.12. The van der Waals surface area contributed by atoms with Crippen LogP contribution in [0.2, 0.25) is 0 Å². The van der Waals surface area contributed by atoms with Crippen molar-refractivity contribution in [2.45, 2.75) is 19.8 Å². The minimum Gasteiger partial charge on any atom is -0.326 e. The van der Waals surface area contributed by atoms with Gasteiger partial charge in [0.2, 0.25) is 15.9 Å². The SMILES string of the molecule is CCS(=O)(=O)Nc1ccc(NC(=O)CC2CCNC2)cc1.Cl. The van der Waals surface area contributed by atoms with Gasteiger partial charge in [0.25, 0.3) is 0 Å². The zero-order valence-corrected chi connectivity index (χ0v) is 14.1. The molecule has 0 saturated carbocycles. The van der Waals surface area contributed by atoms with E-state index in [-0.39, 0.29) is 24.1 Å². The Hall–Kier alpha value is -1.31. The van der Waals surface area contributed by atoms with Crippen molar-refractivity contribution in [1.82, 2.24) is 5.32 Å². The minimum atomic E-state index is -3.27. The summed E-state index contributed by atoms with van der Waals surface area (Å²) in [5.74, 6) is 0.423. The zero-order valence-electron chi connectivity index (χ0n) is 12.5. The number of benzene rings is 1. The quantitative estimate of drug-likeness (QED) is 0.732. The van der Waals surface area contributed by atoms with Gasteiger partial charge in [-0.05, 0) is 56.6 Å². The normalized spacial score (nSPS) is 17.6. The average Bonchev–Trinajstić information content (AvgIpc) is 2.93. The number of carbonyl (C=O) groups is 1. The molecule has 1 saturated heterocycles. The number of hydrogen-bond acceptors (Lipinski definition) is 4. The van der Waals surface area contributed by atoms with E-state index in [1.54, 1.807) is 31.2 Å². The van der Waals surface area contributed by atoms with Gasteiger partial charge in [-0.15, -0.1) is 12.4 Å². The van der Waals surface area contributed by atoms with E-state index in [1.165, 1.54) is 0 Å². The van der Waals surface area contributed by atoms with Gasteiger partial charge in [-0.2, -0.15) is 0 Å². The highest BCUT2D eigenvalue weighted by molar-refractivity contribution is 7.92. The maximum atomic E-state index is 11.9. The van der Waals surface area contributed by atoms with Gasteiger partial charge in [-0.3, -0.25) is 9.52 Å². The molecule has 1 fully saturated rings. The minimum absolute atomic E-state index is 0. The molecule has 0 bridgehead atoms. The first-order chi connectivity index (χ1) is 9.98. The third kappa shape index (κ3) is 5.82. The summed E-state index contributed by atoms with van der Waals surface area (Å²) < 4.78 is 25.3. The molecule has 2 rings (SSSR count). The van der Waals surface area contributed by atoms with Crippen molar-refractivity contribution in [1.29, 1.82) is 0 Å². The summed E-state index contributed by atoms with van der Waals surface area (Å²) in [6.07, 6.45) is 1.54. The molecule has 1 heterocycles.